The van der Waals surface area contributed by atoms with E-state index in [1.165, 1.54) is 21.8 Å². The monoisotopic (exact) mass is 358 g/mol. The largest absolute Gasteiger partial charge is 0.373 e. The highest BCUT2D eigenvalue weighted by molar-refractivity contribution is 5.71. The van der Waals surface area contributed by atoms with Crippen molar-refractivity contribution in [2.45, 2.75) is 19.2 Å². The number of anilines is 2. The molecule has 0 saturated heterocycles. The molecule has 0 amide bonds. The third-order valence-corrected chi connectivity index (χ3v) is 4.01. The van der Waals surface area contributed by atoms with Crippen LogP contribution in [0.4, 0.5) is 11.9 Å². The fraction of sp³-hybridized carbons (Fsp3) is 0.231. The number of nitrogens with two attached hydrogens (primary N) is 2. The Morgan fingerprint density at radius 2 is 1.58 bits per heavy atom. The Hall–Kier alpha value is -3.74. The Morgan fingerprint density at radius 3 is 2.27 bits per heavy atom. The minimum absolute atomic E-state index is 0.0299. The fourth-order valence-electron chi connectivity index (χ4n) is 2.82. The summed E-state index contributed by atoms with van der Waals surface area (Å²) in [5, 5.41) is 10.6. The predicted octanol–water partition coefficient (Wildman–Crippen LogP) is -1.70. The van der Waals surface area contributed by atoms with Crippen LogP contribution in [0.25, 0.3) is 22.3 Å². The maximum Gasteiger partial charge on any atom is 0.300 e. The quantitative estimate of drug-likeness (QED) is 0.282. The second-order valence-electron chi connectivity index (χ2n) is 5.54. The van der Waals surface area contributed by atoms with E-state index in [1.807, 2.05) is 0 Å². The third kappa shape index (κ3) is 2.29. The number of aliphatic hydroxyl groups excluding tert-OH is 1. The van der Waals surface area contributed by atoms with Crippen LogP contribution < -0.4 is 22.6 Å². The van der Waals surface area contributed by atoms with Crippen LogP contribution in [0.15, 0.2) is 22.2 Å². The van der Waals surface area contributed by atoms with Crippen molar-refractivity contribution in [3.63, 3.8) is 0 Å². The maximum absolute atomic E-state index is 11.8. The summed E-state index contributed by atoms with van der Waals surface area (Å²) in [7, 11) is 0. The number of H-pyrrole nitrogens is 2. The highest BCUT2D eigenvalue weighted by atomic mass is 16.3. The number of rotatable bonds is 4. The van der Waals surface area contributed by atoms with Gasteiger partial charge in [-0.25, -0.2) is 9.97 Å². The summed E-state index contributed by atoms with van der Waals surface area (Å²) in [6.45, 7) is 0.180. The highest BCUT2D eigenvalue weighted by Crippen LogP contribution is 2.19. The molecule has 4 heterocycles. The summed E-state index contributed by atoms with van der Waals surface area (Å²) >= 11 is 0. The van der Waals surface area contributed by atoms with Gasteiger partial charge in [-0.1, -0.05) is 0 Å². The second-order valence-corrected chi connectivity index (χ2v) is 5.54. The predicted molar refractivity (Wildman–Crippen MR) is 91.0 cm³/mol. The zero-order chi connectivity index (χ0) is 18.4. The molecular formula is C13H14N10O3. The SMILES string of the molecule is Nc1nc(=O)c2[nH]cnc2n1CCC(O)n1c(N)nc(=O)c2[nH]cnc21. The van der Waals surface area contributed by atoms with Crippen LogP contribution in [0.1, 0.15) is 12.6 Å². The van der Waals surface area contributed by atoms with Gasteiger partial charge in [0.2, 0.25) is 11.9 Å². The molecule has 0 aliphatic rings. The third-order valence-electron chi connectivity index (χ3n) is 4.01. The van der Waals surface area contributed by atoms with E-state index in [1.54, 1.807) is 0 Å². The molecule has 1 unspecified atom stereocenters. The molecule has 13 heteroatoms. The number of nitrogens with one attached hydrogen (secondary N) is 2. The zero-order valence-corrected chi connectivity index (χ0v) is 13.2. The van der Waals surface area contributed by atoms with E-state index >= 15 is 0 Å². The normalized spacial score (nSPS) is 12.8. The standard InChI is InChI=1S/C13H14N10O3/c14-12-20-10(25)6-8(18-3-16-6)22(12)2-1-5(24)23-9-7(17-4-19-9)11(26)21-13(23)15/h3-5,24H,1-2H2,(H,16,18)(H,17,19)(H2,14,20,25)(H2,15,21,26). The summed E-state index contributed by atoms with van der Waals surface area (Å²) in [4.78, 5) is 44.4. The van der Waals surface area contributed by atoms with E-state index in [9.17, 15) is 14.7 Å². The van der Waals surface area contributed by atoms with Crippen LogP contribution in [0, 0.1) is 0 Å². The zero-order valence-electron chi connectivity index (χ0n) is 13.2. The lowest BCUT2D eigenvalue weighted by Crippen LogP contribution is -2.23. The molecule has 4 rings (SSSR count). The molecule has 1 atom stereocenters. The Balaban J connectivity index is 1.70. The molecule has 26 heavy (non-hydrogen) atoms. The van der Waals surface area contributed by atoms with Gasteiger partial charge in [0.15, 0.2) is 22.3 Å². The average molecular weight is 358 g/mol. The van der Waals surface area contributed by atoms with Crippen molar-refractivity contribution >= 4 is 34.2 Å². The first-order valence-electron chi connectivity index (χ1n) is 7.56. The second kappa shape index (κ2) is 5.66. The summed E-state index contributed by atoms with van der Waals surface area (Å²) in [6, 6.07) is 0. The number of aliphatic hydroxyl groups is 1. The number of hydrogen-bond acceptors (Lipinski definition) is 9. The van der Waals surface area contributed by atoms with Crippen molar-refractivity contribution in [2.24, 2.45) is 0 Å². The van der Waals surface area contributed by atoms with Crippen molar-refractivity contribution in [3.05, 3.63) is 33.4 Å². The highest BCUT2D eigenvalue weighted by Gasteiger charge is 2.18. The lowest BCUT2D eigenvalue weighted by molar-refractivity contribution is 0.0946. The van der Waals surface area contributed by atoms with Gasteiger partial charge in [-0.05, 0) is 0 Å². The van der Waals surface area contributed by atoms with Crippen molar-refractivity contribution in [2.75, 3.05) is 11.5 Å². The summed E-state index contributed by atoms with van der Waals surface area (Å²) in [6.07, 6.45) is 1.64. The minimum Gasteiger partial charge on any atom is -0.373 e. The number of nitrogen functional groups attached to an aromatic ring is 2. The molecule has 0 spiro atoms. The maximum atomic E-state index is 11.8. The molecule has 0 radical (unpaired) electrons. The molecule has 0 saturated carbocycles. The van der Waals surface area contributed by atoms with Gasteiger partial charge in [0.1, 0.15) is 6.23 Å². The molecule has 0 aliphatic heterocycles. The van der Waals surface area contributed by atoms with E-state index in [0.717, 1.165) is 0 Å². The van der Waals surface area contributed by atoms with Crippen LogP contribution in [0.2, 0.25) is 0 Å². The van der Waals surface area contributed by atoms with E-state index in [4.69, 9.17) is 11.5 Å². The number of imidazole rings is 2. The van der Waals surface area contributed by atoms with Crippen LogP contribution in [0.3, 0.4) is 0 Å². The number of aromatic nitrogens is 8. The number of aromatic amines is 2. The smallest absolute Gasteiger partial charge is 0.300 e. The number of hydrogen-bond donors (Lipinski definition) is 5. The van der Waals surface area contributed by atoms with E-state index in [-0.39, 0.29) is 41.5 Å². The molecule has 134 valence electrons. The average Bonchev–Trinajstić information content (AvgIpc) is 3.24. The molecule has 0 fully saturated rings. The Labute approximate surface area is 143 Å². The summed E-state index contributed by atoms with van der Waals surface area (Å²) in [5.41, 5.74) is 11.4. The minimum atomic E-state index is -1.15. The Morgan fingerprint density at radius 1 is 1.00 bits per heavy atom. The van der Waals surface area contributed by atoms with Crippen LogP contribution in [-0.4, -0.2) is 44.1 Å². The first-order chi connectivity index (χ1) is 12.5. The van der Waals surface area contributed by atoms with Crippen LogP contribution in [0.5, 0.6) is 0 Å². The summed E-state index contributed by atoms with van der Waals surface area (Å²) in [5.74, 6) is -0.198. The molecule has 0 aromatic carbocycles. The number of fused-ring (bicyclic) bond motifs is 2. The Kier molecular flexibility index (Phi) is 3.43. The first kappa shape index (κ1) is 15.8. The molecule has 7 N–H and O–H groups in total. The van der Waals surface area contributed by atoms with E-state index in [0.29, 0.717) is 5.65 Å². The van der Waals surface area contributed by atoms with Gasteiger partial charge in [-0.3, -0.25) is 18.7 Å². The molecule has 4 aromatic rings. The van der Waals surface area contributed by atoms with Gasteiger partial charge in [0, 0.05) is 13.0 Å². The van der Waals surface area contributed by atoms with Crippen molar-refractivity contribution in [3.8, 4) is 0 Å². The first-order valence-corrected chi connectivity index (χ1v) is 7.56. The molecule has 4 aromatic heterocycles. The van der Waals surface area contributed by atoms with Crippen molar-refractivity contribution in [1.82, 2.24) is 39.0 Å². The van der Waals surface area contributed by atoms with Gasteiger partial charge in [-0.2, -0.15) is 9.97 Å². The van der Waals surface area contributed by atoms with Crippen molar-refractivity contribution in [1.29, 1.82) is 0 Å². The van der Waals surface area contributed by atoms with Crippen LogP contribution in [-0.2, 0) is 6.54 Å². The Bertz CT molecular complexity index is 1230. The molecule has 13 nitrogen and oxygen atoms in total. The lowest BCUT2D eigenvalue weighted by Gasteiger charge is -2.18. The summed E-state index contributed by atoms with van der Waals surface area (Å²) < 4.78 is 2.73. The topological polar surface area (TPSA) is 199 Å². The van der Waals surface area contributed by atoms with Gasteiger partial charge >= 0.3 is 11.1 Å². The van der Waals surface area contributed by atoms with Gasteiger partial charge in [0.05, 0.1) is 12.7 Å². The van der Waals surface area contributed by atoms with Crippen LogP contribution >= 0.6 is 0 Å². The van der Waals surface area contributed by atoms with E-state index < -0.39 is 17.3 Å². The fourth-order valence-corrected chi connectivity index (χ4v) is 2.82. The lowest BCUT2D eigenvalue weighted by atomic mass is 10.3. The van der Waals surface area contributed by atoms with Crippen molar-refractivity contribution < 1.29 is 5.11 Å². The van der Waals surface area contributed by atoms with E-state index in [2.05, 4.69) is 29.9 Å². The molecule has 0 aliphatic carbocycles. The van der Waals surface area contributed by atoms with Gasteiger partial charge < -0.3 is 26.5 Å². The molecular weight excluding hydrogens is 344 g/mol. The number of nitrogens with zero attached hydrogens (tertiary/aromatic N) is 6. The molecule has 0 bridgehead atoms. The van der Waals surface area contributed by atoms with Gasteiger partial charge in [-0.15, -0.1) is 0 Å². The van der Waals surface area contributed by atoms with Gasteiger partial charge in [0.25, 0.3) is 0 Å². The number of aryl methyl sites for hydroxylation is 1.